The van der Waals surface area contributed by atoms with E-state index in [1.165, 1.54) is 0 Å². The molecule has 2 N–H and O–H groups in total. The molecule has 1 unspecified atom stereocenters. The van der Waals surface area contributed by atoms with E-state index in [0.29, 0.717) is 5.75 Å². The average molecular weight is 191 g/mol. The van der Waals surface area contributed by atoms with Crippen molar-refractivity contribution in [3.8, 4) is 5.75 Å². The lowest BCUT2D eigenvalue weighted by atomic mass is 9.92. The number of phenolic OH excluding ortho intramolecular Hbond substituents is 1. The van der Waals surface area contributed by atoms with Gasteiger partial charge in [-0.05, 0) is 25.0 Å². The number of hydrogen-bond acceptors (Lipinski definition) is 3. The fourth-order valence-corrected chi connectivity index (χ4v) is 1.95. The van der Waals surface area contributed by atoms with Crippen molar-refractivity contribution in [3.05, 3.63) is 29.3 Å². The molecule has 0 saturated heterocycles. The minimum atomic E-state index is -0.245. The number of Topliss-reactive ketones (excluding diaryl/α,β-unsaturated/α-hetero) is 1. The van der Waals surface area contributed by atoms with Crippen molar-refractivity contribution in [3.63, 3.8) is 0 Å². The maximum atomic E-state index is 11.3. The monoisotopic (exact) mass is 191 g/mol. The smallest absolute Gasteiger partial charge is 0.151 e. The van der Waals surface area contributed by atoms with Gasteiger partial charge in [-0.1, -0.05) is 12.1 Å². The highest BCUT2D eigenvalue weighted by molar-refractivity contribution is 5.83. The molecular formula is C11H13NO2. The van der Waals surface area contributed by atoms with Gasteiger partial charge in [0.25, 0.3) is 0 Å². The van der Waals surface area contributed by atoms with Crippen molar-refractivity contribution in [1.29, 1.82) is 0 Å². The van der Waals surface area contributed by atoms with Gasteiger partial charge in [0.1, 0.15) is 5.75 Å². The summed E-state index contributed by atoms with van der Waals surface area (Å²) >= 11 is 0. The third-order valence-electron chi connectivity index (χ3n) is 2.63. The molecule has 74 valence electrons. The highest BCUT2D eigenvalue weighted by Crippen LogP contribution is 2.29. The summed E-state index contributed by atoms with van der Waals surface area (Å²) in [5.74, 6) is 0.395. The van der Waals surface area contributed by atoms with Crippen LogP contribution in [0.4, 0.5) is 0 Å². The Hall–Kier alpha value is -1.35. The molecule has 1 atom stereocenters. The van der Waals surface area contributed by atoms with E-state index in [1.807, 2.05) is 6.07 Å². The van der Waals surface area contributed by atoms with Crippen molar-refractivity contribution in [1.82, 2.24) is 5.32 Å². The summed E-state index contributed by atoms with van der Waals surface area (Å²) in [6.45, 7) is 2.31. The quantitative estimate of drug-likeness (QED) is 0.700. The van der Waals surface area contributed by atoms with E-state index in [0.717, 1.165) is 24.1 Å². The van der Waals surface area contributed by atoms with E-state index in [4.69, 9.17) is 0 Å². The lowest BCUT2D eigenvalue weighted by molar-refractivity contribution is -0.119. The van der Waals surface area contributed by atoms with Crippen LogP contribution in [-0.4, -0.2) is 17.4 Å². The Bertz CT molecular complexity index is 374. The normalized spacial score (nSPS) is 20.2. The molecule has 0 aromatic heterocycles. The van der Waals surface area contributed by atoms with Crippen LogP contribution in [0.25, 0.3) is 0 Å². The van der Waals surface area contributed by atoms with Crippen LogP contribution < -0.4 is 5.32 Å². The second-order valence-electron chi connectivity index (χ2n) is 3.59. The number of fused-ring (bicyclic) bond motifs is 1. The van der Waals surface area contributed by atoms with Gasteiger partial charge in [0.2, 0.25) is 0 Å². The zero-order chi connectivity index (χ0) is 10.1. The Morgan fingerprint density at radius 1 is 1.57 bits per heavy atom. The van der Waals surface area contributed by atoms with Crippen LogP contribution in [0.1, 0.15) is 24.1 Å². The Morgan fingerprint density at radius 2 is 2.36 bits per heavy atom. The zero-order valence-electron chi connectivity index (χ0n) is 8.08. The predicted octanol–water partition coefficient (Wildman–Crippen LogP) is 1.17. The molecule has 3 heteroatoms. The van der Waals surface area contributed by atoms with E-state index in [1.54, 1.807) is 19.1 Å². The van der Waals surface area contributed by atoms with Gasteiger partial charge >= 0.3 is 0 Å². The molecule has 3 nitrogen and oxygen atoms in total. The molecule has 0 fully saturated rings. The summed E-state index contributed by atoms with van der Waals surface area (Å²) in [6.07, 6.45) is 0.784. The fraction of sp³-hybridized carbons (Fsp3) is 0.364. The number of carbonyl (C=O) groups is 1. The summed E-state index contributed by atoms with van der Waals surface area (Å²) < 4.78 is 0. The first-order valence-electron chi connectivity index (χ1n) is 4.74. The first-order valence-corrected chi connectivity index (χ1v) is 4.74. The lowest BCUT2D eigenvalue weighted by Crippen LogP contribution is -2.33. The van der Waals surface area contributed by atoms with Crippen LogP contribution in [0.3, 0.4) is 0 Å². The highest BCUT2D eigenvalue weighted by Gasteiger charge is 2.24. The molecule has 0 spiro atoms. The number of rotatable bonds is 1. The van der Waals surface area contributed by atoms with Gasteiger partial charge in [0.15, 0.2) is 5.78 Å². The van der Waals surface area contributed by atoms with Crippen LogP contribution in [-0.2, 0) is 11.2 Å². The Balaban J connectivity index is 2.49. The van der Waals surface area contributed by atoms with Crippen LogP contribution in [0, 0.1) is 0 Å². The molecule has 0 amide bonds. The molecule has 0 radical (unpaired) electrons. The number of ketones is 1. The predicted molar refractivity (Wildman–Crippen MR) is 53.2 cm³/mol. The summed E-state index contributed by atoms with van der Waals surface area (Å²) in [6, 6.07) is 5.09. The third kappa shape index (κ3) is 1.40. The lowest BCUT2D eigenvalue weighted by Gasteiger charge is -2.25. The minimum absolute atomic E-state index is 0.0940. The van der Waals surface area contributed by atoms with Crippen LogP contribution in [0.15, 0.2) is 18.2 Å². The van der Waals surface area contributed by atoms with Gasteiger partial charge in [-0.25, -0.2) is 0 Å². The van der Waals surface area contributed by atoms with E-state index in [9.17, 15) is 9.90 Å². The van der Waals surface area contributed by atoms with Crippen LogP contribution >= 0.6 is 0 Å². The number of aromatic hydroxyl groups is 1. The van der Waals surface area contributed by atoms with E-state index in [2.05, 4.69) is 5.32 Å². The van der Waals surface area contributed by atoms with Gasteiger partial charge < -0.3 is 10.4 Å². The van der Waals surface area contributed by atoms with Crippen molar-refractivity contribution >= 4 is 5.78 Å². The molecule has 14 heavy (non-hydrogen) atoms. The molecule has 2 rings (SSSR count). The number of benzene rings is 1. The van der Waals surface area contributed by atoms with Crippen molar-refractivity contribution in [2.24, 2.45) is 0 Å². The van der Waals surface area contributed by atoms with E-state index in [-0.39, 0.29) is 11.8 Å². The third-order valence-corrected chi connectivity index (χ3v) is 2.63. The maximum absolute atomic E-state index is 11.3. The Morgan fingerprint density at radius 3 is 3.07 bits per heavy atom. The maximum Gasteiger partial charge on any atom is 0.151 e. The largest absolute Gasteiger partial charge is 0.508 e. The summed E-state index contributed by atoms with van der Waals surface area (Å²) in [5, 5.41) is 12.8. The number of nitrogens with one attached hydrogen (secondary N) is 1. The highest BCUT2D eigenvalue weighted by atomic mass is 16.3. The average Bonchev–Trinajstić information content (AvgIpc) is 2.17. The molecule has 0 saturated carbocycles. The van der Waals surface area contributed by atoms with Crippen LogP contribution in [0.5, 0.6) is 5.75 Å². The molecule has 1 heterocycles. The van der Waals surface area contributed by atoms with Crippen molar-refractivity contribution in [2.75, 3.05) is 6.54 Å². The molecule has 0 aliphatic carbocycles. The number of phenols is 1. The molecule has 1 aliphatic rings. The van der Waals surface area contributed by atoms with Gasteiger partial charge in [0.05, 0.1) is 6.04 Å². The van der Waals surface area contributed by atoms with Crippen LogP contribution in [0.2, 0.25) is 0 Å². The topological polar surface area (TPSA) is 49.3 Å². The molecule has 0 bridgehead atoms. The SMILES string of the molecule is CC(=O)C1NCCc2c(O)cccc21. The van der Waals surface area contributed by atoms with Gasteiger partial charge in [-0.15, -0.1) is 0 Å². The molecule has 1 aliphatic heterocycles. The number of hydrogen-bond donors (Lipinski definition) is 2. The van der Waals surface area contributed by atoms with Gasteiger partial charge in [-0.3, -0.25) is 4.79 Å². The van der Waals surface area contributed by atoms with Crippen molar-refractivity contribution < 1.29 is 9.90 Å². The molecule has 1 aromatic carbocycles. The Kier molecular flexibility index (Phi) is 2.25. The number of carbonyl (C=O) groups excluding carboxylic acids is 1. The molecular weight excluding hydrogens is 178 g/mol. The summed E-state index contributed by atoms with van der Waals surface area (Å²) in [7, 11) is 0. The first kappa shape index (κ1) is 9.21. The first-order chi connectivity index (χ1) is 6.70. The fourth-order valence-electron chi connectivity index (χ4n) is 1.95. The second-order valence-corrected chi connectivity index (χ2v) is 3.59. The zero-order valence-corrected chi connectivity index (χ0v) is 8.08. The van der Waals surface area contributed by atoms with Gasteiger partial charge in [-0.2, -0.15) is 0 Å². The van der Waals surface area contributed by atoms with E-state index < -0.39 is 0 Å². The summed E-state index contributed by atoms with van der Waals surface area (Å²) in [4.78, 5) is 11.3. The molecule has 1 aromatic rings. The second kappa shape index (κ2) is 3.42. The standard InChI is InChI=1S/C11H13NO2/c1-7(13)11-9-3-2-4-10(14)8(9)5-6-12-11/h2-4,11-12,14H,5-6H2,1H3. The van der Waals surface area contributed by atoms with Gasteiger partial charge in [0, 0.05) is 12.1 Å². The Labute approximate surface area is 82.8 Å². The summed E-state index contributed by atoms with van der Waals surface area (Å²) in [5.41, 5.74) is 1.83. The van der Waals surface area contributed by atoms with Crippen molar-refractivity contribution in [2.45, 2.75) is 19.4 Å². The minimum Gasteiger partial charge on any atom is -0.508 e. The van der Waals surface area contributed by atoms with E-state index >= 15 is 0 Å².